The molecule has 0 heterocycles. The maximum atomic E-state index is 12.8. The Bertz CT molecular complexity index is 514. The highest BCUT2D eigenvalue weighted by atomic mass is 79.9. The summed E-state index contributed by atoms with van der Waals surface area (Å²) >= 11 is 2.98. The maximum Gasteiger partial charge on any atom is 0.284 e. The number of hydrogen-bond donors (Lipinski definition) is 0. The van der Waals surface area contributed by atoms with E-state index in [4.69, 9.17) is 0 Å². The highest BCUT2D eigenvalue weighted by molar-refractivity contribution is 9.10. The monoisotopic (exact) mass is 308 g/mol. The van der Waals surface area contributed by atoms with Crippen LogP contribution in [-0.2, 0) is 10.0 Å². The molecule has 0 radical (unpaired) electrons. The number of rotatable bonds is 3. The molecule has 16 heavy (non-hydrogen) atoms. The van der Waals surface area contributed by atoms with E-state index in [1.165, 1.54) is 17.3 Å². The average molecular weight is 309 g/mol. The van der Waals surface area contributed by atoms with Crippen LogP contribution in [0.3, 0.4) is 0 Å². The minimum absolute atomic E-state index is 0.0630. The molecule has 0 aliphatic carbocycles. The summed E-state index contributed by atoms with van der Waals surface area (Å²) in [7, 11) is -0.486. The Kier molecular flexibility index (Phi) is 4.03. The van der Waals surface area contributed by atoms with E-state index in [0.717, 1.165) is 12.1 Å². The van der Waals surface area contributed by atoms with Crippen molar-refractivity contribution in [1.82, 2.24) is 4.90 Å². The fraction of sp³-hybridized carbons (Fsp3) is 0.222. The number of sulfonamides is 1. The molecule has 88 valence electrons. The van der Waals surface area contributed by atoms with E-state index >= 15 is 0 Å². The Balaban J connectivity index is 3.18. The van der Waals surface area contributed by atoms with Crippen LogP contribution in [0.4, 0.5) is 4.39 Å². The summed E-state index contributed by atoms with van der Waals surface area (Å²) in [5, 5.41) is 0. The molecule has 0 spiro atoms. The van der Waals surface area contributed by atoms with E-state index in [1.54, 1.807) is 14.1 Å². The van der Waals surface area contributed by atoms with Crippen LogP contribution < -0.4 is 0 Å². The molecule has 0 aliphatic rings. The van der Waals surface area contributed by atoms with E-state index in [-0.39, 0.29) is 9.37 Å². The van der Waals surface area contributed by atoms with Gasteiger partial charge in [0.1, 0.15) is 17.1 Å². The van der Waals surface area contributed by atoms with E-state index in [2.05, 4.69) is 20.3 Å². The molecule has 1 aromatic carbocycles. The zero-order valence-electron chi connectivity index (χ0n) is 8.68. The second-order valence-corrected chi connectivity index (χ2v) is 5.69. The van der Waals surface area contributed by atoms with Crippen molar-refractivity contribution in [2.24, 2.45) is 4.40 Å². The number of nitrogens with zero attached hydrogens (tertiary/aromatic N) is 2. The smallest absolute Gasteiger partial charge is 0.284 e. The van der Waals surface area contributed by atoms with Crippen LogP contribution in [0.5, 0.6) is 0 Å². The molecular weight excluding hydrogens is 299 g/mol. The first-order valence-corrected chi connectivity index (χ1v) is 6.48. The quantitative estimate of drug-likeness (QED) is 0.632. The van der Waals surface area contributed by atoms with Gasteiger partial charge >= 0.3 is 0 Å². The Morgan fingerprint density at radius 2 is 2.06 bits per heavy atom. The third kappa shape index (κ3) is 3.28. The molecule has 0 saturated heterocycles. The van der Waals surface area contributed by atoms with Crippen LogP contribution in [0.15, 0.2) is 32.0 Å². The summed E-state index contributed by atoms with van der Waals surface area (Å²) in [5.74, 6) is -0.512. The molecule has 0 bridgehead atoms. The van der Waals surface area contributed by atoms with Crippen LogP contribution in [-0.4, -0.2) is 33.8 Å². The summed E-state index contributed by atoms with van der Waals surface area (Å²) in [6, 6.07) is 3.32. The van der Waals surface area contributed by atoms with Gasteiger partial charge < -0.3 is 4.90 Å². The molecule has 0 amide bonds. The normalized spacial score (nSPS) is 12.0. The first kappa shape index (κ1) is 13.1. The molecule has 0 unspecified atom stereocenters. The average Bonchev–Trinajstić information content (AvgIpc) is 2.14. The van der Waals surface area contributed by atoms with Gasteiger partial charge in [-0.2, -0.15) is 8.42 Å². The van der Waals surface area contributed by atoms with Gasteiger partial charge in [-0.25, -0.2) is 4.39 Å². The van der Waals surface area contributed by atoms with Crippen LogP contribution in [0.25, 0.3) is 0 Å². The molecule has 7 heteroatoms. The molecule has 4 nitrogen and oxygen atoms in total. The third-order valence-electron chi connectivity index (χ3n) is 1.59. The second kappa shape index (κ2) is 4.92. The van der Waals surface area contributed by atoms with Crippen molar-refractivity contribution in [3.8, 4) is 0 Å². The fourth-order valence-electron chi connectivity index (χ4n) is 0.898. The van der Waals surface area contributed by atoms with Crippen LogP contribution >= 0.6 is 15.9 Å². The zero-order valence-corrected chi connectivity index (χ0v) is 11.1. The highest BCUT2D eigenvalue weighted by Crippen LogP contribution is 2.24. The van der Waals surface area contributed by atoms with Crippen molar-refractivity contribution >= 4 is 32.3 Å². The molecular formula is C9H10BrFN2O2S. The molecule has 0 atom stereocenters. The maximum absolute atomic E-state index is 12.8. The topological polar surface area (TPSA) is 49.7 Å². The lowest BCUT2D eigenvalue weighted by molar-refractivity contribution is 0.593. The molecule has 1 aromatic rings. The Labute approximate surface area is 102 Å². The molecule has 0 saturated carbocycles. The molecule has 1 rings (SSSR count). The number of hydrogen-bond acceptors (Lipinski definition) is 2. The van der Waals surface area contributed by atoms with Crippen molar-refractivity contribution in [2.45, 2.75) is 4.90 Å². The summed E-state index contributed by atoms with van der Waals surface area (Å²) in [6.07, 6.45) is 1.17. The van der Waals surface area contributed by atoms with Gasteiger partial charge in [-0.15, -0.1) is 4.40 Å². The van der Waals surface area contributed by atoms with Crippen molar-refractivity contribution in [1.29, 1.82) is 0 Å². The van der Waals surface area contributed by atoms with Gasteiger partial charge in [0, 0.05) is 18.6 Å². The largest absolute Gasteiger partial charge is 0.368 e. The zero-order chi connectivity index (χ0) is 12.3. The van der Waals surface area contributed by atoms with Gasteiger partial charge in [-0.1, -0.05) is 0 Å². The summed E-state index contributed by atoms with van der Waals surface area (Å²) in [6.45, 7) is 0. The molecule has 0 aromatic heterocycles. The van der Waals surface area contributed by atoms with Crippen LogP contribution in [0.1, 0.15) is 0 Å². The molecule has 0 fully saturated rings. The van der Waals surface area contributed by atoms with Gasteiger partial charge in [-0.3, -0.25) is 0 Å². The second-order valence-electron chi connectivity index (χ2n) is 3.23. The minimum Gasteiger partial charge on any atom is -0.368 e. The SMILES string of the molecule is CN(C)C=NS(=O)(=O)c1ccc(F)cc1Br. The fourth-order valence-corrected chi connectivity index (χ4v) is 2.83. The van der Waals surface area contributed by atoms with E-state index in [0.29, 0.717) is 0 Å². The van der Waals surface area contributed by atoms with Crippen molar-refractivity contribution in [3.05, 3.63) is 28.5 Å². The third-order valence-corrected chi connectivity index (χ3v) is 3.79. The van der Waals surface area contributed by atoms with Crippen molar-refractivity contribution < 1.29 is 12.8 Å². The minimum atomic E-state index is -3.79. The number of benzene rings is 1. The van der Waals surface area contributed by atoms with Crippen molar-refractivity contribution in [2.75, 3.05) is 14.1 Å². The first-order valence-electron chi connectivity index (χ1n) is 4.25. The van der Waals surface area contributed by atoms with Gasteiger partial charge in [-0.05, 0) is 34.1 Å². The summed E-state index contributed by atoms with van der Waals surface area (Å²) < 4.78 is 39.8. The molecule has 0 aliphatic heterocycles. The number of halogens is 2. The van der Waals surface area contributed by atoms with Crippen LogP contribution in [0.2, 0.25) is 0 Å². The van der Waals surface area contributed by atoms with E-state index in [1.807, 2.05) is 0 Å². The van der Waals surface area contributed by atoms with Gasteiger partial charge in [0.25, 0.3) is 10.0 Å². The van der Waals surface area contributed by atoms with E-state index in [9.17, 15) is 12.8 Å². The lowest BCUT2D eigenvalue weighted by Gasteiger charge is -2.04. The van der Waals surface area contributed by atoms with Crippen LogP contribution in [0, 0.1) is 5.82 Å². The lowest BCUT2D eigenvalue weighted by Crippen LogP contribution is -2.10. The first-order chi connectivity index (χ1) is 7.33. The lowest BCUT2D eigenvalue weighted by atomic mass is 10.3. The standard InChI is InChI=1S/C9H10BrFN2O2S/c1-13(2)6-12-16(14,15)9-4-3-7(11)5-8(9)10/h3-6H,1-2H3. The predicted molar refractivity (Wildman–Crippen MR) is 63.5 cm³/mol. The molecule has 0 N–H and O–H groups in total. The summed E-state index contributed by atoms with van der Waals surface area (Å²) in [5.41, 5.74) is 0. The predicted octanol–water partition coefficient (Wildman–Crippen LogP) is 1.87. The highest BCUT2D eigenvalue weighted by Gasteiger charge is 2.16. The summed E-state index contributed by atoms with van der Waals surface area (Å²) in [4.78, 5) is 1.43. The Hall–Kier alpha value is -0.950. The Morgan fingerprint density at radius 3 is 2.56 bits per heavy atom. The van der Waals surface area contributed by atoms with Gasteiger partial charge in [0.2, 0.25) is 0 Å². The van der Waals surface area contributed by atoms with Gasteiger partial charge in [0.15, 0.2) is 0 Å². The Morgan fingerprint density at radius 1 is 1.44 bits per heavy atom. The van der Waals surface area contributed by atoms with E-state index < -0.39 is 15.8 Å². The van der Waals surface area contributed by atoms with Gasteiger partial charge in [0.05, 0.1) is 0 Å². The van der Waals surface area contributed by atoms with Crippen molar-refractivity contribution in [3.63, 3.8) is 0 Å².